The van der Waals surface area contributed by atoms with Gasteiger partial charge in [0, 0.05) is 68.9 Å². The number of aliphatic carboxylic acids is 2. The zero-order chi connectivity index (χ0) is 77.0. The number of aromatic nitrogens is 4. The van der Waals surface area contributed by atoms with Crippen LogP contribution in [0.3, 0.4) is 0 Å². The number of nitrogens with one attached hydrogen (secondary N) is 13. The number of hydrogen-bond acceptors (Lipinski definition) is 22. The number of rotatable bonds is 47. The number of carbonyl (C=O) groups excluding carboxylic acids is 12. The molecule has 4 aromatic rings. The number of primary amides is 1. The molecule has 12 amide bonds. The predicted octanol–water partition coefficient (Wildman–Crippen LogP) is -6.94. The Kier molecular flexibility index (Phi) is 36.2. The molecule has 0 saturated carbocycles. The van der Waals surface area contributed by atoms with Gasteiger partial charge in [0.1, 0.15) is 72.2 Å². The first-order valence-electron chi connectivity index (χ1n) is 32.7. The molecule has 0 unspecified atom stereocenters. The Morgan fingerprint density at radius 3 is 1.34 bits per heavy atom. The van der Waals surface area contributed by atoms with Crippen molar-refractivity contribution < 1.29 is 92.7 Å². The number of aliphatic imine (C=N–C) groups is 1. The van der Waals surface area contributed by atoms with E-state index in [1.165, 1.54) is 61.1 Å². The van der Waals surface area contributed by atoms with E-state index in [1.54, 1.807) is 50.4 Å². The number of benzene rings is 2. The van der Waals surface area contributed by atoms with E-state index in [9.17, 15) is 92.7 Å². The highest BCUT2D eigenvalue weighted by atomic mass is 32.2. The topological polar surface area (TPSA) is 646 Å². The summed E-state index contributed by atoms with van der Waals surface area (Å²) >= 11 is 1.27. The number of aliphatic hydroxyl groups is 2. The minimum absolute atomic E-state index is 0.0341. The fourth-order valence-corrected chi connectivity index (χ4v) is 10.5. The van der Waals surface area contributed by atoms with Gasteiger partial charge in [0.25, 0.3) is 0 Å². The molecule has 568 valence electrons. The summed E-state index contributed by atoms with van der Waals surface area (Å²) in [6.07, 6.45) is 3.20. The number of phenolic OH excluding ortho intramolecular Hbond substituents is 1. The molecule has 11 atom stereocenters. The summed E-state index contributed by atoms with van der Waals surface area (Å²) in [7, 11) is 0. The lowest BCUT2D eigenvalue weighted by atomic mass is 9.99. The molecule has 4 rings (SSSR count). The van der Waals surface area contributed by atoms with Gasteiger partial charge in [0.05, 0.1) is 32.4 Å². The van der Waals surface area contributed by atoms with Crippen LogP contribution in [0.1, 0.15) is 81.3 Å². The van der Waals surface area contributed by atoms with Gasteiger partial charge < -0.3 is 117 Å². The van der Waals surface area contributed by atoms with Gasteiger partial charge in [-0.3, -0.25) is 67.3 Å². The van der Waals surface area contributed by atoms with E-state index < -0.39 is 201 Å². The third-order valence-electron chi connectivity index (χ3n) is 15.6. The van der Waals surface area contributed by atoms with Crippen molar-refractivity contribution in [2.45, 2.75) is 151 Å². The molecule has 0 aliphatic rings. The largest absolute Gasteiger partial charge is 0.508 e. The van der Waals surface area contributed by atoms with Crippen molar-refractivity contribution in [2.75, 3.05) is 38.3 Å². The van der Waals surface area contributed by atoms with Crippen molar-refractivity contribution in [3.05, 3.63) is 102 Å². The second kappa shape index (κ2) is 44.2. The monoisotopic (exact) mass is 1480 g/mol. The number of thioether (sulfide) groups is 1. The summed E-state index contributed by atoms with van der Waals surface area (Å²) in [5.41, 5.74) is 23.2. The number of phenols is 1. The highest BCUT2D eigenvalue weighted by molar-refractivity contribution is 7.98. The molecular weight excluding hydrogens is 1380 g/mol. The Balaban J connectivity index is 1.63. The number of nitrogens with two attached hydrogens (primary N) is 4. The Morgan fingerprint density at radius 2 is 0.894 bits per heavy atom. The quantitative estimate of drug-likeness (QED) is 0.0111. The molecule has 0 bridgehead atoms. The molecule has 0 radical (unpaired) electrons. The fraction of sp³-hybridized carbons (Fsp3) is 0.484. The molecule has 0 fully saturated rings. The maximum Gasteiger partial charge on any atom is 0.326 e. The number of guanidine groups is 1. The number of hydrogen-bond donors (Lipinski definition) is 22. The van der Waals surface area contributed by atoms with E-state index in [0.29, 0.717) is 11.1 Å². The number of aliphatic hydroxyl groups excluding tert-OH is 2. The van der Waals surface area contributed by atoms with Gasteiger partial charge in [0.2, 0.25) is 70.9 Å². The maximum atomic E-state index is 14.8. The molecule has 0 spiro atoms. The van der Waals surface area contributed by atoms with E-state index in [0.717, 1.165) is 0 Å². The smallest absolute Gasteiger partial charge is 0.326 e. The zero-order valence-corrected chi connectivity index (χ0v) is 58.1. The Bertz CT molecular complexity index is 3550. The van der Waals surface area contributed by atoms with Crippen LogP contribution in [-0.2, 0) is 92.8 Å². The summed E-state index contributed by atoms with van der Waals surface area (Å²) in [5, 5.41) is 77.2. The van der Waals surface area contributed by atoms with Crippen LogP contribution in [0.2, 0.25) is 0 Å². The standard InChI is InChI=1S/C64H92N20O19S/c1-33(2)52(62(101)80-43(22-35-11-13-38(87)14-12-35)57(96)83-48(30-86)61(100)81-46(63(102)103)23-34-8-5-4-6-9-34)84-56(95)39(10-7-20-71-64(67)68)75-55(94)42(19-21-104-3)77-58(97)44(24-36-27-69-31-72-36)79-59(98)45(25-37-28-70-32-73-37)78-54(93)41(16-18-51(90)91)76-60(99)47(29-85)82-53(92)40(15-17-49(66)88)74-50(89)26-65/h4-6,8-9,11-14,27-28,31-33,39-48,52,85-87H,7,10,15-26,29-30,65H2,1-3H3,(H2,66,88)(H,69,72)(H,70,73)(H,74,89)(H,75,94)(H,76,99)(H,77,97)(H,78,93)(H,79,98)(H,80,101)(H,81,100)(H,82,92)(H,83,96)(H,84,95)(H,90,91)(H,102,103)(H4,67,68,71)/t39-,40-,41-,42-,43-,44-,45-,46-,47-,48-,52-/m1/s1. The van der Waals surface area contributed by atoms with Gasteiger partial charge in [-0.1, -0.05) is 56.3 Å². The molecule has 0 aliphatic carbocycles. The Morgan fingerprint density at radius 1 is 0.490 bits per heavy atom. The summed E-state index contributed by atoms with van der Waals surface area (Å²) in [6.45, 7) is 0.329. The third-order valence-corrected chi connectivity index (χ3v) is 16.3. The van der Waals surface area contributed by atoms with Crippen molar-refractivity contribution in [3.8, 4) is 5.75 Å². The van der Waals surface area contributed by atoms with Crippen LogP contribution < -0.4 is 81.4 Å². The molecule has 39 nitrogen and oxygen atoms in total. The first-order chi connectivity index (χ1) is 49.4. The first kappa shape index (κ1) is 85.2. The number of carbonyl (C=O) groups is 14. The van der Waals surface area contributed by atoms with E-state index in [-0.39, 0.29) is 80.3 Å². The SMILES string of the molecule is CSCC[C@@H](NC(=O)[C@@H](Cc1cnc[nH]1)NC(=O)[C@@H](Cc1cnc[nH]1)NC(=O)[C@@H](CCC(=O)O)NC(=O)[C@@H](CO)NC(=O)[C@@H](CCC(N)=O)NC(=O)CN)C(=O)N[C@H](CCCN=C(N)N)C(=O)N[C@@H](C(=O)N[C@H](Cc1ccc(O)cc1)C(=O)N[C@H](CO)C(=O)N[C@H](Cc1ccccc1)C(=O)O)C(C)C. The second-order valence-electron chi connectivity index (χ2n) is 24.1. The van der Waals surface area contributed by atoms with Gasteiger partial charge in [-0.25, -0.2) is 14.8 Å². The molecular formula is C64H92N20O19S. The van der Waals surface area contributed by atoms with Crippen LogP contribution in [0.4, 0.5) is 0 Å². The summed E-state index contributed by atoms with van der Waals surface area (Å²) in [5.74, 6) is -16.1. The Labute approximate surface area is 600 Å². The summed E-state index contributed by atoms with van der Waals surface area (Å²) in [6, 6.07) is -3.98. The highest BCUT2D eigenvalue weighted by Crippen LogP contribution is 2.15. The molecule has 104 heavy (non-hydrogen) atoms. The van der Waals surface area contributed by atoms with E-state index in [2.05, 4.69) is 83.4 Å². The van der Waals surface area contributed by atoms with Gasteiger partial charge >= 0.3 is 11.9 Å². The average Bonchev–Trinajstić information content (AvgIpc) is 1.74. The van der Waals surface area contributed by atoms with Crippen LogP contribution in [0, 0.1) is 5.92 Å². The lowest BCUT2D eigenvalue weighted by Crippen LogP contribution is -2.62. The predicted molar refractivity (Wildman–Crippen MR) is 372 cm³/mol. The van der Waals surface area contributed by atoms with Crippen molar-refractivity contribution in [1.82, 2.24) is 78.4 Å². The van der Waals surface area contributed by atoms with Crippen molar-refractivity contribution in [1.29, 1.82) is 0 Å². The maximum absolute atomic E-state index is 14.8. The van der Waals surface area contributed by atoms with Crippen LogP contribution in [0.5, 0.6) is 5.75 Å². The summed E-state index contributed by atoms with van der Waals surface area (Å²) < 4.78 is 0. The number of aromatic amines is 2. The van der Waals surface area contributed by atoms with Crippen LogP contribution >= 0.6 is 11.8 Å². The number of aromatic hydroxyl groups is 1. The van der Waals surface area contributed by atoms with E-state index in [4.69, 9.17) is 22.9 Å². The molecule has 0 aliphatic heterocycles. The van der Waals surface area contributed by atoms with Gasteiger partial charge in [-0.05, 0) is 73.3 Å². The fourth-order valence-electron chi connectivity index (χ4n) is 10.0. The first-order valence-corrected chi connectivity index (χ1v) is 34.1. The second-order valence-corrected chi connectivity index (χ2v) is 25.1. The van der Waals surface area contributed by atoms with Crippen LogP contribution in [0.25, 0.3) is 0 Å². The van der Waals surface area contributed by atoms with E-state index in [1.807, 2.05) is 0 Å². The molecule has 2 aromatic carbocycles. The van der Waals surface area contributed by atoms with Crippen molar-refractivity contribution >= 4 is 101 Å². The van der Waals surface area contributed by atoms with Gasteiger partial charge in [-0.15, -0.1) is 0 Å². The molecule has 40 heteroatoms. The van der Waals surface area contributed by atoms with E-state index >= 15 is 0 Å². The zero-order valence-electron chi connectivity index (χ0n) is 57.3. The minimum Gasteiger partial charge on any atom is -0.508 e. The lowest BCUT2D eigenvalue weighted by Gasteiger charge is -2.29. The van der Waals surface area contributed by atoms with Crippen LogP contribution in [-0.4, -0.2) is 239 Å². The molecule has 2 heterocycles. The number of imidazole rings is 2. The molecule has 2 aromatic heterocycles. The number of carboxylic acids is 2. The average molecular weight is 1480 g/mol. The normalized spacial score (nSPS) is 14.2. The van der Waals surface area contributed by atoms with Gasteiger partial charge in [-0.2, -0.15) is 11.8 Å². The molecule has 26 N–H and O–H groups in total. The van der Waals surface area contributed by atoms with Crippen molar-refractivity contribution in [3.63, 3.8) is 0 Å². The highest BCUT2D eigenvalue weighted by Gasteiger charge is 2.38. The number of carboxylic acid groups (broad SMARTS) is 2. The van der Waals surface area contributed by atoms with Crippen LogP contribution in [0.15, 0.2) is 84.6 Å². The number of amides is 12. The van der Waals surface area contributed by atoms with Gasteiger partial charge in [0.15, 0.2) is 5.96 Å². The number of nitrogens with zero attached hydrogens (tertiary/aromatic N) is 3. The minimum atomic E-state index is -1.86. The Hall–Kier alpha value is -11.3. The van der Waals surface area contributed by atoms with Crippen molar-refractivity contribution in [2.24, 2.45) is 33.8 Å². The third kappa shape index (κ3) is 30.1. The summed E-state index contributed by atoms with van der Waals surface area (Å²) in [4.78, 5) is 208. The number of H-pyrrole nitrogens is 2. The lowest BCUT2D eigenvalue weighted by molar-refractivity contribution is -0.142. The molecule has 0 saturated heterocycles.